The second-order valence-corrected chi connectivity index (χ2v) is 5.17. The zero-order chi connectivity index (χ0) is 14.0. The van der Waals surface area contributed by atoms with Crippen LogP contribution in [0.3, 0.4) is 0 Å². The van der Waals surface area contributed by atoms with Crippen LogP contribution >= 0.6 is 0 Å². The molecule has 4 heteroatoms. The monoisotopic (exact) mass is 269 g/mol. The summed E-state index contributed by atoms with van der Waals surface area (Å²) in [7, 11) is 1.63. The minimum atomic E-state index is -0.758. The van der Waals surface area contributed by atoms with Gasteiger partial charge in [0.15, 0.2) is 11.6 Å². The molecule has 2 rings (SSSR count). The summed E-state index contributed by atoms with van der Waals surface area (Å²) in [6.45, 7) is 4.21. The van der Waals surface area contributed by atoms with Crippen LogP contribution in [0.1, 0.15) is 36.9 Å². The molecule has 0 radical (unpaired) electrons. The number of rotatable bonds is 6. The lowest BCUT2D eigenvalue weighted by atomic mass is 9.96. The molecule has 2 atom stereocenters. The zero-order valence-electron chi connectivity index (χ0n) is 11.7. The molecule has 0 heterocycles. The van der Waals surface area contributed by atoms with E-state index in [1.807, 2.05) is 6.92 Å². The van der Waals surface area contributed by atoms with Gasteiger partial charge in [0, 0.05) is 12.7 Å². The largest absolute Gasteiger partial charge is 0.379 e. The first-order valence-corrected chi connectivity index (χ1v) is 6.80. The van der Waals surface area contributed by atoms with Crippen LogP contribution in [-0.4, -0.2) is 19.8 Å². The van der Waals surface area contributed by atoms with Crippen LogP contribution in [-0.2, 0) is 4.74 Å². The van der Waals surface area contributed by atoms with Crippen LogP contribution in [0.4, 0.5) is 8.78 Å². The molecular weight excluding hydrogens is 248 g/mol. The summed E-state index contributed by atoms with van der Waals surface area (Å²) >= 11 is 0. The van der Waals surface area contributed by atoms with Crippen molar-refractivity contribution >= 4 is 0 Å². The molecule has 0 spiro atoms. The van der Waals surface area contributed by atoms with Crippen molar-refractivity contribution in [1.82, 2.24) is 5.32 Å². The molecule has 19 heavy (non-hydrogen) atoms. The van der Waals surface area contributed by atoms with Gasteiger partial charge in [-0.25, -0.2) is 8.78 Å². The van der Waals surface area contributed by atoms with Crippen LogP contribution < -0.4 is 5.32 Å². The Morgan fingerprint density at radius 2 is 2.00 bits per heavy atom. The van der Waals surface area contributed by atoms with Gasteiger partial charge in [0.05, 0.1) is 12.1 Å². The maximum absolute atomic E-state index is 14.1. The SMILES string of the molecule is CCNC(c1ccc(C)c(F)c1F)C(OC)C1CC1. The summed E-state index contributed by atoms with van der Waals surface area (Å²) in [5.41, 5.74) is 0.695. The molecule has 1 aromatic rings. The first kappa shape index (κ1) is 14.4. The number of ether oxygens (including phenoxy) is 1. The van der Waals surface area contributed by atoms with Gasteiger partial charge in [-0.15, -0.1) is 0 Å². The Kier molecular flexibility index (Phi) is 4.53. The summed E-state index contributed by atoms with van der Waals surface area (Å²) in [4.78, 5) is 0. The highest BCUT2D eigenvalue weighted by molar-refractivity contribution is 5.29. The summed E-state index contributed by atoms with van der Waals surface area (Å²) in [6, 6.07) is 2.99. The van der Waals surface area contributed by atoms with Gasteiger partial charge in [-0.2, -0.15) is 0 Å². The Hall–Kier alpha value is -1.00. The van der Waals surface area contributed by atoms with E-state index in [9.17, 15) is 8.78 Å². The molecule has 1 saturated carbocycles. The van der Waals surface area contributed by atoms with Crippen molar-refractivity contribution in [2.75, 3.05) is 13.7 Å². The van der Waals surface area contributed by atoms with Gasteiger partial charge >= 0.3 is 0 Å². The predicted molar refractivity (Wildman–Crippen MR) is 71.0 cm³/mol. The van der Waals surface area contributed by atoms with E-state index in [4.69, 9.17) is 4.74 Å². The molecule has 0 aromatic heterocycles. The van der Waals surface area contributed by atoms with E-state index in [1.165, 1.54) is 0 Å². The maximum Gasteiger partial charge on any atom is 0.163 e. The molecule has 1 aliphatic rings. The predicted octanol–water partition coefficient (Wildman–Crippen LogP) is 3.35. The molecule has 1 aliphatic carbocycles. The van der Waals surface area contributed by atoms with Crippen LogP contribution in [0, 0.1) is 24.5 Å². The van der Waals surface area contributed by atoms with E-state index in [-0.39, 0.29) is 12.1 Å². The number of hydrogen-bond donors (Lipinski definition) is 1. The molecule has 1 aromatic carbocycles. The Morgan fingerprint density at radius 1 is 1.32 bits per heavy atom. The summed E-state index contributed by atoms with van der Waals surface area (Å²) in [5, 5.41) is 3.23. The minimum absolute atomic E-state index is 0.100. The van der Waals surface area contributed by atoms with E-state index in [0.29, 0.717) is 23.6 Å². The highest BCUT2D eigenvalue weighted by atomic mass is 19.2. The molecule has 0 bridgehead atoms. The number of likely N-dealkylation sites (N-methyl/N-ethyl adjacent to an activating group) is 1. The third-order valence-corrected chi connectivity index (χ3v) is 3.75. The van der Waals surface area contributed by atoms with Crippen molar-refractivity contribution in [3.05, 3.63) is 34.9 Å². The Morgan fingerprint density at radius 3 is 2.53 bits per heavy atom. The second kappa shape index (κ2) is 5.97. The van der Waals surface area contributed by atoms with Crippen molar-refractivity contribution in [3.63, 3.8) is 0 Å². The van der Waals surface area contributed by atoms with Crippen molar-refractivity contribution in [2.45, 2.75) is 38.8 Å². The van der Waals surface area contributed by atoms with E-state index < -0.39 is 11.6 Å². The number of hydrogen-bond acceptors (Lipinski definition) is 2. The molecule has 0 saturated heterocycles. The van der Waals surface area contributed by atoms with Crippen LogP contribution in [0.5, 0.6) is 0 Å². The average molecular weight is 269 g/mol. The zero-order valence-corrected chi connectivity index (χ0v) is 11.7. The summed E-state index contributed by atoms with van der Waals surface area (Å²) in [5.74, 6) is -1.07. The number of methoxy groups -OCH3 is 1. The van der Waals surface area contributed by atoms with Crippen molar-refractivity contribution in [3.8, 4) is 0 Å². The van der Waals surface area contributed by atoms with E-state index in [1.54, 1.807) is 26.2 Å². The Bertz CT molecular complexity index is 446. The fourth-order valence-corrected chi connectivity index (χ4v) is 2.55. The average Bonchev–Trinajstić information content (AvgIpc) is 3.21. The van der Waals surface area contributed by atoms with E-state index in [2.05, 4.69) is 5.32 Å². The van der Waals surface area contributed by atoms with Gasteiger partial charge in [-0.1, -0.05) is 19.1 Å². The molecule has 106 valence electrons. The van der Waals surface area contributed by atoms with Gasteiger partial charge in [0.1, 0.15) is 0 Å². The normalized spacial score (nSPS) is 18.4. The molecule has 0 aliphatic heterocycles. The number of halogens is 2. The molecule has 2 nitrogen and oxygen atoms in total. The summed E-state index contributed by atoms with van der Waals surface area (Å²) < 4.78 is 33.4. The van der Waals surface area contributed by atoms with Crippen molar-refractivity contribution in [1.29, 1.82) is 0 Å². The first-order valence-electron chi connectivity index (χ1n) is 6.80. The second-order valence-electron chi connectivity index (χ2n) is 5.17. The molecule has 0 amide bonds. The molecule has 2 unspecified atom stereocenters. The number of nitrogens with one attached hydrogen (secondary N) is 1. The van der Waals surface area contributed by atoms with Gasteiger partial charge in [0.25, 0.3) is 0 Å². The van der Waals surface area contributed by atoms with Crippen molar-refractivity contribution in [2.24, 2.45) is 5.92 Å². The van der Waals surface area contributed by atoms with Gasteiger partial charge in [-0.3, -0.25) is 0 Å². The smallest absolute Gasteiger partial charge is 0.163 e. The third-order valence-electron chi connectivity index (χ3n) is 3.75. The lowest BCUT2D eigenvalue weighted by Crippen LogP contribution is -2.35. The Balaban J connectivity index is 2.35. The molecule has 1 N–H and O–H groups in total. The van der Waals surface area contributed by atoms with Crippen LogP contribution in [0.15, 0.2) is 12.1 Å². The topological polar surface area (TPSA) is 21.3 Å². The van der Waals surface area contributed by atoms with Gasteiger partial charge in [0.2, 0.25) is 0 Å². The van der Waals surface area contributed by atoms with Crippen LogP contribution in [0.2, 0.25) is 0 Å². The fourth-order valence-electron chi connectivity index (χ4n) is 2.55. The molecule has 1 fully saturated rings. The highest BCUT2D eigenvalue weighted by Crippen LogP contribution is 2.40. The lowest BCUT2D eigenvalue weighted by Gasteiger charge is -2.27. The quantitative estimate of drug-likeness (QED) is 0.855. The standard InChI is InChI=1S/C15H21F2NO/c1-4-18-14(15(19-3)10-6-7-10)11-8-5-9(2)12(16)13(11)17/h5,8,10,14-15,18H,4,6-7H2,1-3H3. The highest BCUT2D eigenvalue weighted by Gasteiger charge is 2.38. The fraction of sp³-hybridized carbons (Fsp3) is 0.600. The lowest BCUT2D eigenvalue weighted by molar-refractivity contribution is 0.0499. The summed E-state index contributed by atoms with van der Waals surface area (Å²) in [6.07, 6.45) is 2.09. The van der Waals surface area contributed by atoms with Crippen molar-refractivity contribution < 1.29 is 13.5 Å². The molecular formula is C15H21F2NO. The number of benzene rings is 1. The number of aryl methyl sites for hydroxylation is 1. The van der Waals surface area contributed by atoms with Crippen LogP contribution in [0.25, 0.3) is 0 Å². The first-order chi connectivity index (χ1) is 9.10. The van der Waals surface area contributed by atoms with E-state index in [0.717, 1.165) is 12.8 Å². The van der Waals surface area contributed by atoms with Gasteiger partial charge < -0.3 is 10.1 Å². The Labute approximate surface area is 113 Å². The van der Waals surface area contributed by atoms with E-state index >= 15 is 0 Å². The van der Waals surface area contributed by atoms with Gasteiger partial charge in [-0.05, 0) is 37.8 Å². The minimum Gasteiger partial charge on any atom is -0.379 e. The maximum atomic E-state index is 14.1. The third kappa shape index (κ3) is 2.95.